The summed E-state index contributed by atoms with van der Waals surface area (Å²) in [5.74, 6) is 0.642. The number of fused-ring (bicyclic) bond motifs is 1. The topological polar surface area (TPSA) is 9.23 Å². The van der Waals surface area contributed by atoms with Crippen LogP contribution in [0, 0.1) is 6.92 Å². The van der Waals surface area contributed by atoms with Gasteiger partial charge >= 0.3 is 6.18 Å². The van der Waals surface area contributed by atoms with Crippen LogP contribution in [0.15, 0.2) is 66.7 Å². The summed E-state index contributed by atoms with van der Waals surface area (Å²) in [6, 6.07) is 21.7. The van der Waals surface area contributed by atoms with E-state index >= 15 is 0 Å². The van der Waals surface area contributed by atoms with Crippen LogP contribution in [-0.2, 0) is 19.4 Å². The molecule has 162 valence electrons. The van der Waals surface area contributed by atoms with Gasteiger partial charge in [-0.05, 0) is 59.7 Å². The minimum Gasteiger partial charge on any atom is -0.489 e. The van der Waals surface area contributed by atoms with Gasteiger partial charge in [0.25, 0.3) is 0 Å². The van der Waals surface area contributed by atoms with E-state index in [0.717, 1.165) is 22.3 Å². The van der Waals surface area contributed by atoms with Gasteiger partial charge in [0.1, 0.15) is 18.0 Å². The summed E-state index contributed by atoms with van der Waals surface area (Å²) in [5.41, 5.74) is 3.80. The Kier molecular flexibility index (Phi) is 5.78. The molecule has 0 saturated carbocycles. The third-order valence-corrected chi connectivity index (χ3v) is 5.79. The molecule has 0 fully saturated rings. The Morgan fingerprint density at radius 2 is 1.52 bits per heavy atom. The highest BCUT2D eigenvalue weighted by molar-refractivity contribution is 5.63. The van der Waals surface area contributed by atoms with Crippen molar-refractivity contribution in [1.82, 2.24) is 0 Å². The van der Waals surface area contributed by atoms with Crippen LogP contribution in [0.5, 0.6) is 5.75 Å². The predicted molar refractivity (Wildman–Crippen MR) is 114 cm³/mol. The Morgan fingerprint density at radius 1 is 0.871 bits per heavy atom. The zero-order valence-corrected chi connectivity index (χ0v) is 17.3. The van der Waals surface area contributed by atoms with Gasteiger partial charge in [0.2, 0.25) is 0 Å². The van der Waals surface area contributed by atoms with E-state index in [2.05, 4.69) is 43.3 Å². The fourth-order valence-electron chi connectivity index (χ4n) is 4.10. The molecule has 0 N–H and O–H groups in total. The lowest BCUT2D eigenvalue weighted by Gasteiger charge is -2.32. The Labute approximate surface area is 179 Å². The fourth-order valence-corrected chi connectivity index (χ4v) is 4.10. The van der Waals surface area contributed by atoms with E-state index in [9.17, 15) is 17.6 Å². The maximum Gasteiger partial charge on any atom is 0.392 e. The lowest BCUT2D eigenvalue weighted by molar-refractivity contribution is -0.163. The van der Waals surface area contributed by atoms with Crippen LogP contribution < -0.4 is 4.74 Å². The first-order chi connectivity index (χ1) is 14.7. The highest BCUT2D eigenvalue weighted by Crippen LogP contribution is 2.40. The molecule has 1 aliphatic carbocycles. The van der Waals surface area contributed by atoms with Crippen molar-refractivity contribution in [1.29, 1.82) is 0 Å². The van der Waals surface area contributed by atoms with Crippen molar-refractivity contribution in [3.63, 3.8) is 0 Å². The summed E-state index contributed by atoms with van der Waals surface area (Å²) in [6.07, 6.45) is -5.93. The van der Waals surface area contributed by atoms with Gasteiger partial charge in [-0.15, -0.1) is 0 Å². The maximum absolute atomic E-state index is 14.6. The molecule has 0 aromatic heterocycles. The number of benzene rings is 3. The number of ether oxygens (including phenoxy) is 1. The Balaban J connectivity index is 1.38. The second kappa shape index (κ2) is 8.37. The summed E-state index contributed by atoms with van der Waals surface area (Å²) in [7, 11) is 0. The van der Waals surface area contributed by atoms with Gasteiger partial charge in [0.15, 0.2) is 0 Å². The molecule has 0 radical (unpaired) electrons. The summed E-state index contributed by atoms with van der Waals surface area (Å²) in [5, 5.41) is 0. The molecule has 1 unspecified atom stereocenters. The van der Waals surface area contributed by atoms with E-state index < -0.39 is 18.3 Å². The second-order valence-electron chi connectivity index (χ2n) is 8.40. The molecule has 1 aliphatic rings. The maximum atomic E-state index is 14.6. The summed E-state index contributed by atoms with van der Waals surface area (Å²) in [6.45, 7) is 2.44. The first-order valence-corrected chi connectivity index (χ1v) is 10.4. The average molecular weight is 428 g/mol. The minimum absolute atomic E-state index is 0.122. The standard InChI is InChI=1S/C26H24F4O/c1-18-2-6-20(7-3-18)21-8-4-19(5-9-21)16-31-24-11-10-23-15-25(27,17-26(28,29)30)13-12-22(23)14-24/h2-11,14H,12-13,15-17H2,1H3. The van der Waals surface area contributed by atoms with Gasteiger partial charge in [-0.25, -0.2) is 4.39 Å². The third-order valence-electron chi connectivity index (χ3n) is 5.79. The molecule has 1 atom stereocenters. The summed E-state index contributed by atoms with van der Waals surface area (Å²) < 4.78 is 58.5. The molecule has 0 saturated heterocycles. The number of hydrogen-bond acceptors (Lipinski definition) is 1. The number of aryl methyl sites for hydroxylation is 2. The number of hydrogen-bond donors (Lipinski definition) is 0. The van der Waals surface area contributed by atoms with Gasteiger partial charge in [0.05, 0.1) is 6.42 Å². The zero-order chi connectivity index (χ0) is 22.1. The molecule has 0 heterocycles. The monoisotopic (exact) mass is 428 g/mol. The molecule has 0 aliphatic heterocycles. The molecule has 3 aromatic carbocycles. The van der Waals surface area contributed by atoms with E-state index in [1.54, 1.807) is 12.1 Å². The Hall–Kier alpha value is -2.82. The van der Waals surface area contributed by atoms with E-state index in [1.165, 1.54) is 5.56 Å². The Morgan fingerprint density at radius 3 is 2.16 bits per heavy atom. The first-order valence-electron chi connectivity index (χ1n) is 10.4. The Bertz CT molecular complexity index is 1040. The van der Waals surface area contributed by atoms with Crippen LogP contribution in [0.3, 0.4) is 0 Å². The van der Waals surface area contributed by atoms with Crippen molar-refractivity contribution in [2.45, 2.75) is 51.1 Å². The van der Waals surface area contributed by atoms with Crippen molar-refractivity contribution < 1.29 is 22.3 Å². The molecule has 3 aromatic rings. The molecule has 5 heteroatoms. The molecule has 4 rings (SSSR count). The SMILES string of the molecule is Cc1ccc(-c2ccc(COc3ccc4c(c3)CCC(F)(CC(F)(F)F)C4)cc2)cc1. The van der Waals surface area contributed by atoms with E-state index in [4.69, 9.17) is 4.74 Å². The lowest BCUT2D eigenvalue weighted by Crippen LogP contribution is -2.36. The van der Waals surface area contributed by atoms with Crippen molar-refractivity contribution >= 4 is 0 Å². The number of alkyl halides is 4. The van der Waals surface area contributed by atoms with Gasteiger partial charge in [-0.3, -0.25) is 0 Å². The minimum atomic E-state index is -4.50. The lowest BCUT2D eigenvalue weighted by atomic mass is 9.79. The molecule has 0 amide bonds. The van der Waals surface area contributed by atoms with Crippen LogP contribution >= 0.6 is 0 Å². The van der Waals surface area contributed by atoms with Crippen LogP contribution in [0.2, 0.25) is 0 Å². The van der Waals surface area contributed by atoms with Crippen molar-refractivity contribution in [3.05, 3.63) is 89.0 Å². The van der Waals surface area contributed by atoms with Crippen LogP contribution in [0.1, 0.15) is 35.1 Å². The van der Waals surface area contributed by atoms with Crippen LogP contribution in [0.25, 0.3) is 11.1 Å². The van der Waals surface area contributed by atoms with Gasteiger partial charge in [-0.1, -0.05) is 60.2 Å². The smallest absolute Gasteiger partial charge is 0.392 e. The van der Waals surface area contributed by atoms with E-state index in [-0.39, 0.29) is 19.3 Å². The first kappa shape index (κ1) is 21.4. The van der Waals surface area contributed by atoms with Crippen LogP contribution in [-0.4, -0.2) is 11.8 Å². The average Bonchev–Trinajstić information content (AvgIpc) is 2.72. The highest BCUT2D eigenvalue weighted by atomic mass is 19.4. The third kappa shape index (κ3) is 5.46. The molecule has 1 nitrogen and oxygen atoms in total. The molecular formula is C26H24F4O. The highest BCUT2D eigenvalue weighted by Gasteiger charge is 2.44. The van der Waals surface area contributed by atoms with Crippen molar-refractivity contribution in [3.8, 4) is 16.9 Å². The normalized spacial score (nSPS) is 18.5. The van der Waals surface area contributed by atoms with Crippen LogP contribution in [0.4, 0.5) is 17.6 Å². The van der Waals surface area contributed by atoms with Crippen molar-refractivity contribution in [2.75, 3.05) is 0 Å². The number of halogens is 4. The van der Waals surface area contributed by atoms with Gasteiger partial charge < -0.3 is 4.74 Å². The molecular weight excluding hydrogens is 404 g/mol. The number of rotatable bonds is 5. The zero-order valence-electron chi connectivity index (χ0n) is 17.3. The molecule has 31 heavy (non-hydrogen) atoms. The predicted octanol–water partition coefficient (Wildman–Crippen LogP) is 7.39. The summed E-state index contributed by atoms with van der Waals surface area (Å²) >= 11 is 0. The molecule has 0 bridgehead atoms. The largest absolute Gasteiger partial charge is 0.489 e. The quantitative estimate of drug-likeness (QED) is 0.385. The van der Waals surface area contributed by atoms with Crippen molar-refractivity contribution in [2.24, 2.45) is 0 Å². The molecule has 0 spiro atoms. The second-order valence-corrected chi connectivity index (χ2v) is 8.40. The van der Waals surface area contributed by atoms with Gasteiger partial charge in [-0.2, -0.15) is 13.2 Å². The fraction of sp³-hybridized carbons (Fsp3) is 0.308. The summed E-state index contributed by atoms with van der Waals surface area (Å²) in [4.78, 5) is 0. The van der Waals surface area contributed by atoms with E-state index in [0.29, 0.717) is 17.9 Å². The van der Waals surface area contributed by atoms with E-state index in [1.807, 2.05) is 18.2 Å². The van der Waals surface area contributed by atoms with Gasteiger partial charge in [0, 0.05) is 6.42 Å².